The molecule has 1 fully saturated rings. The molecule has 1 rings (SSSR count). The van der Waals surface area contributed by atoms with Crippen LogP contribution in [0.2, 0.25) is 0 Å². The summed E-state index contributed by atoms with van der Waals surface area (Å²) in [5.74, 6) is -0.967. The molecule has 0 aromatic carbocycles. The van der Waals surface area contributed by atoms with E-state index in [1.54, 1.807) is 0 Å². The number of carboxylic acids is 1. The lowest BCUT2D eigenvalue weighted by molar-refractivity contribution is -0.305. The van der Waals surface area contributed by atoms with Crippen molar-refractivity contribution in [3.63, 3.8) is 0 Å². The average molecular weight is 317 g/mol. The van der Waals surface area contributed by atoms with E-state index in [2.05, 4.69) is 49.5 Å². The summed E-state index contributed by atoms with van der Waals surface area (Å²) in [6.07, 6.45) is 24.7. The molecule has 0 spiro atoms. The zero-order chi connectivity index (χ0) is 16.8. The molecular formula is C20H29O3-. The first-order valence-electron chi connectivity index (χ1n) is 8.69. The smallest absolute Gasteiger partial charge is 0.0876 e. The van der Waals surface area contributed by atoms with Crippen molar-refractivity contribution in [3.8, 4) is 0 Å². The highest BCUT2D eigenvalue weighted by Gasteiger charge is 2.35. The van der Waals surface area contributed by atoms with E-state index in [4.69, 9.17) is 4.74 Å². The Labute approximate surface area is 140 Å². The van der Waals surface area contributed by atoms with E-state index in [0.29, 0.717) is 18.6 Å². The molecule has 128 valence electrons. The molecule has 1 aliphatic heterocycles. The summed E-state index contributed by atoms with van der Waals surface area (Å²) in [5.41, 5.74) is 0. The van der Waals surface area contributed by atoms with Crippen LogP contribution in [-0.2, 0) is 9.53 Å². The van der Waals surface area contributed by atoms with E-state index in [0.717, 1.165) is 38.5 Å². The van der Waals surface area contributed by atoms with E-state index < -0.39 is 5.97 Å². The van der Waals surface area contributed by atoms with Crippen molar-refractivity contribution < 1.29 is 14.6 Å². The number of rotatable bonds is 13. The van der Waals surface area contributed by atoms with Crippen molar-refractivity contribution in [1.82, 2.24) is 0 Å². The standard InChI is InChI=1S/C20H30O3/c1-2-18-19(23-18)16-14-12-10-8-6-4-3-5-7-9-11-13-15-17-20(21)22/h3,5-6,8-9,11-12,14,18-19H,2,4,7,10,13,15-17H2,1H3,(H,21,22)/p-1/b5-3-,8-6-,11-9-,14-12-/t18-,19+/m1/s1. The van der Waals surface area contributed by atoms with Crippen molar-refractivity contribution in [2.75, 3.05) is 0 Å². The number of hydrogen-bond donors (Lipinski definition) is 0. The number of epoxide rings is 1. The summed E-state index contributed by atoms with van der Waals surface area (Å²) in [5, 5.41) is 10.2. The third-order valence-corrected chi connectivity index (χ3v) is 3.69. The second-order valence-electron chi connectivity index (χ2n) is 5.71. The molecule has 1 heterocycles. The van der Waals surface area contributed by atoms with Crippen LogP contribution >= 0.6 is 0 Å². The highest BCUT2D eigenvalue weighted by atomic mass is 16.6. The van der Waals surface area contributed by atoms with Crippen LogP contribution in [0, 0.1) is 0 Å². The summed E-state index contributed by atoms with van der Waals surface area (Å²) >= 11 is 0. The quantitative estimate of drug-likeness (QED) is 0.294. The molecule has 2 atom stereocenters. The Bertz CT molecular complexity index is 432. The number of ether oxygens (including phenoxy) is 1. The first kappa shape index (κ1) is 19.4. The van der Waals surface area contributed by atoms with E-state index in [-0.39, 0.29) is 6.42 Å². The SMILES string of the molecule is CC[C@H]1O[C@H]1C/C=C\C/C=C\C/C=C\C/C=C\CCCC(=O)[O-]. The van der Waals surface area contributed by atoms with Crippen LogP contribution in [0.4, 0.5) is 0 Å². The maximum absolute atomic E-state index is 10.2. The van der Waals surface area contributed by atoms with Gasteiger partial charge in [0, 0.05) is 5.97 Å². The van der Waals surface area contributed by atoms with Gasteiger partial charge in [-0.25, -0.2) is 0 Å². The predicted molar refractivity (Wildman–Crippen MR) is 92.8 cm³/mol. The summed E-state index contributed by atoms with van der Waals surface area (Å²) < 4.78 is 5.48. The Morgan fingerprint density at radius 3 is 2.00 bits per heavy atom. The summed E-state index contributed by atoms with van der Waals surface area (Å²) in [7, 11) is 0. The fourth-order valence-electron chi connectivity index (χ4n) is 2.27. The second kappa shape index (κ2) is 12.9. The van der Waals surface area contributed by atoms with Gasteiger partial charge in [-0.2, -0.15) is 0 Å². The first-order chi connectivity index (χ1) is 11.2. The van der Waals surface area contributed by atoms with Crippen LogP contribution in [0.3, 0.4) is 0 Å². The third kappa shape index (κ3) is 11.6. The normalized spacial score (nSPS) is 21.3. The summed E-state index contributed by atoms with van der Waals surface area (Å²) in [4.78, 5) is 10.2. The molecule has 0 unspecified atom stereocenters. The van der Waals surface area contributed by atoms with E-state index in [1.165, 1.54) is 0 Å². The van der Waals surface area contributed by atoms with Gasteiger partial charge in [-0.3, -0.25) is 0 Å². The van der Waals surface area contributed by atoms with Crippen LogP contribution in [0.25, 0.3) is 0 Å². The Balaban J connectivity index is 1.90. The van der Waals surface area contributed by atoms with E-state index >= 15 is 0 Å². The van der Waals surface area contributed by atoms with Gasteiger partial charge >= 0.3 is 0 Å². The largest absolute Gasteiger partial charge is 0.550 e. The van der Waals surface area contributed by atoms with Gasteiger partial charge in [-0.1, -0.05) is 55.5 Å². The van der Waals surface area contributed by atoms with E-state index in [1.807, 2.05) is 6.08 Å². The molecule has 23 heavy (non-hydrogen) atoms. The third-order valence-electron chi connectivity index (χ3n) is 3.69. The predicted octanol–water partition coefficient (Wildman–Crippen LogP) is 3.87. The Hall–Kier alpha value is -1.61. The van der Waals surface area contributed by atoms with Crippen LogP contribution < -0.4 is 5.11 Å². The number of carbonyl (C=O) groups excluding carboxylic acids is 1. The van der Waals surface area contributed by atoms with Crippen LogP contribution in [-0.4, -0.2) is 18.2 Å². The van der Waals surface area contributed by atoms with Gasteiger partial charge in [0.25, 0.3) is 0 Å². The van der Waals surface area contributed by atoms with Crippen LogP contribution in [0.5, 0.6) is 0 Å². The Morgan fingerprint density at radius 1 is 0.913 bits per heavy atom. The minimum absolute atomic E-state index is 0.145. The molecule has 0 N–H and O–H groups in total. The summed E-state index contributed by atoms with van der Waals surface area (Å²) in [6, 6.07) is 0. The molecule has 1 saturated heterocycles. The van der Waals surface area contributed by atoms with Crippen molar-refractivity contribution in [2.24, 2.45) is 0 Å². The lowest BCUT2D eigenvalue weighted by Crippen LogP contribution is -2.21. The minimum atomic E-state index is -0.967. The molecule has 0 saturated carbocycles. The van der Waals surface area contributed by atoms with Crippen LogP contribution in [0.1, 0.15) is 58.3 Å². The highest BCUT2D eigenvalue weighted by molar-refractivity contribution is 5.64. The topological polar surface area (TPSA) is 52.7 Å². The molecule has 3 nitrogen and oxygen atoms in total. The number of unbranched alkanes of at least 4 members (excludes halogenated alkanes) is 1. The van der Waals surface area contributed by atoms with Crippen molar-refractivity contribution in [3.05, 3.63) is 48.6 Å². The lowest BCUT2D eigenvalue weighted by atomic mass is 10.2. The molecule has 0 amide bonds. The monoisotopic (exact) mass is 317 g/mol. The second-order valence-corrected chi connectivity index (χ2v) is 5.71. The van der Waals surface area contributed by atoms with Crippen molar-refractivity contribution in [2.45, 2.75) is 70.5 Å². The fourth-order valence-corrected chi connectivity index (χ4v) is 2.27. The number of aliphatic carboxylic acids is 1. The van der Waals surface area contributed by atoms with Gasteiger partial charge < -0.3 is 14.6 Å². The number of carbonyl (C=O) groups is 1. The molecule has 0 aromatic heterocycles. The molecule has 1 aliphatic rings. The van der Waals surface area contributed by atoms with Crippen LogP contribution in [0.15, 0.2) is 48.6 Å². The zero-order valence-corrected chi connectivity index (χ0v) is 14.2. The molecule has 0 radical (unpaired) electrons. The average Bonchev–Trinajstić information content (AvgIpc) is 3.29. The molecular weight excluding hydrogens is 288 g/mol. The number of allylic oxidation sites excluding steroid dienone is 7. The maximum atomic E-state index is 10.2. The van der Waals surface area contributed by atoms with Gasteiger partial charge in [-0.05, 0) is 51.4 Å². The van der Waals surface area contributed by atoms with Gasteiger partial charge in [0.05, 0.1) is 12.2 Å². The van der Waals surface area contributed by atoms with Gasteiger partial charge in [0.2, 0.25) is 0 Å². The lowest BCUT2D eigenvalue weighted by Gasteiger charge is -1.97. The maximum Gasteiger partial charge on any atom is 0.0876 e. The fraction of sp³-hybridized carbons (Fsp3) is 0.550. The minimum Gasteiger partial charge on any atom is -0.550 e. The summed E-state index contributed by atoms with van der Waals surface area (Å²) in [6.45, 7) is 2.16. The first-order valence-corrected chi connectivity index (χ1v) is 8.69. The highest BCUT2D eigenvalue weighted by Crippen LogP contribution is 2.28. The molecule has 3 heteroatoms. The van der Waals surface area contributed by atoms with E-state index in [9.17, 15) is 9.90 Å². The van der Waals surface area contributed by atoms with Gasteiger partial charge in [-0.15, -0.1) is 0 Å². The molecule has 0 aromatic rings. The number of hydrogen-bond acceptors (Lipinski definition) is 3. The van der Waals surface area contributed by atoms with Crippen molar-refractivity contribution >= 4 is 5.97 Å². The zero-order valence-electron chi connectivity index (χ0n) is 14.2. The Kier molecular flexibility index (Phi) is 10.9. The van der Waals surface area contributed by atoms with Crippen molar-refractivity contribution in [1.29, 1.82) is 0 Å². The number of carboxylic acid groups (broad SMARTS) is 1. The Morgan fingerprint density at radius 2 is 1.48 bits per heavy atom. The van der Waals surface area contributed by atoms with Gasteiger partial charge in [0.1, 0.15) is 0 Å². The van der Waals surface area contributed by atoms with Gasteiger partial charge in [0.15, 0.2) is 0 Å². The molecule has 0 aliphatic carbocycles. The molecule has 0 bridgehead atoms.